The summed E-state index contributed by atoms with van der Waals surface area (Å²) in [7, 11) is 0. The zero-order chi connectivity index (χ0) is 13.4. The highest BCUT2D eigenvalue weighted by Crippen LogP contribution is 2.18. The first kappa shape index (κ1) is 14.7. The Labute approximate surface area is 117 Å². The maximum atomic E-state index is 8.97. The summed E-state index contributed by atoms with van der Waals surface area (Å²) in [6.07, 6.45) is 1.07. The van der Waals surface area contributed by atoms with Crippen LogP contribution in [0.1, 0.15) is 31.4 Å². The van der Waals surface area contributed by atoms with E-state index in [4.69, 9.17) is 10.5 Å². The average Bonchev–Trinajstić information content (AvgIpc) is 2.38. The predicted molar refractivity (Wildman–Crippen MR) is 74.5 cm³/mol. The SMILES string of the molecule is CC(NCC(C#N)CCC#N)c1cccc(Br)c1. The second-order valence-electron chi connectivity index (χ2n) is 4.21. The van der Waals surface area contributed by atoms with E-state index in [9.17, 15) is 0 Å². The summed E-state index contributed by atoms with van der Waals surface area (Å²) in [4.78, 5) is 0. The summed E-state index contributed by atoms with van der Waals surface area (Å²) < 4.78 is 1.05. The molecule has 94 valence electrons. The molecule has 0 aliphatic carbocycles. The molecule has 0 bridgehead atoms. The maximum absolute atomic E-state index is 8.97. The van der Waals surface area contributed by atoms with Gasteiger partial charge in [-0.3, -0.25) is 0 Å². The molecule has 0 spiro atoms. The lowest BCUT2D eigenvalue weighted by Crippen LogP contribution is -2.25. The van der Waals surface area contributed by atoms with E-state index >= 15 is 0 Å². The minimum Gasteiger partial charge on any atom is -0.309 e. The van der Waals surface area contributed by atoms with Gasteiger partial charge >= 0.3 is 0 Å². The van der Waals surface area contributed by atoms with E-state index < -0.39 is 0 Å². The molecule has 4 heteroatoms. The van der Waals surface area contributed by atoms with Crippen LogP contribution in [0.15, 0.2) is 28.7 Å². The van der Waals surface area contributed by atoms with Gasteiger partial charge in [-0.25, -0.2) is 0 Å². The zero-order valence-corrected chi connectivity index (χ0v) is 11.9. The van der Waals surface area contributed by atoms with Gasteiger partial charge in [0.1, 0.15) is 0 Å². The van der Waals surface area contributed by atoms with E-state index in [1.54, 1.807) is 0 Å². The number of nitrogens with zero attached hydrogens (tertiary/aromatic N) is 2. The molecule has 0 saturated heterocycles. The first-order valence-electron chi connectivity index (χ1n) is 5.92. The molecule has 1 aromatic rings. The molecule has 2 unspecified atom stereocenters. The summed E-state index contributed by atoms with van der Waals surface area (Å²) in [6.45, 7) is 2.69. The fourth-order valence-corrected chi connectivity index (χ4v) is 2.08. The van der Waals surface area contributed by atoms with Crippen LogP contribution in [0.5, 0.6) is 0 Å². The van der Waals surface area contributed by atoms with Crippen LogP contribution in [0.4, 0.5) is 0 Å². The van der Waals surface area contributed by atoms with Crippen molar-refractivity contribution in [2.45, 2.75) is 25.8 Å². The van der Waals surface area contributed by atoms with Gasteiger partial charge in [-0.1, -0.05) is 28.1 Å². The number of hydrogen-bond donors (Lipinski definition) is 1. The molecule has 1 N–H and O–H groups in total. The number of nitriles is 2. The number of rotatable bonds is 6. The van der Waals surface area contributed by atoms with Gasteiger partial charge in [0.2, 0.25) is 0 Å². The molecule has 0 fully saturated rings. The van der Waals surface area contributed by atoms with Gasteiger partial charge in [-0.2, -0.15) is 10.5 Å². The highest BCUT2D eigenvalue weighted by atomic mass is 79.9. The zero-order valence-electron chi connectivity index (χ0n) is 10.4. The van der Waals surface area contributed by atoms with Crippen LogP contribution in [0.2, 0.25) is 0 Å². The Kier molecular flexibility index (Phi) is 6.43. The van der Waals surface area contributed by atoms with Crippen LogP contribution in [-0.4, -0.2) is 6.54 Å². The molecule has 0 heterocycles. The quantitative estimate of drug-likeness (QED) is 0.874. The fourth-order valence-electron chi connectivity index (χ4n) is 1.66. The second kappa shape index (κ2) is 7.87. The molecule has 1 rings (SSSR count). The molecule has 3 nitrogen and oxygen atoms in total. The molecule has 1 aromatic carbocycles. The lowest BCUT2D eigenvalue weighted by atomic mass is 10.0. The van der Waals surface area contributed by atoms with Crippen molar-refractivity contribution in [3.63, 3.8) is 0 Å². The normalized spacial score (nSPS) is 13.3. The topological polar surface area (TPSA) is 59.6 Å². The molecule has 0 saturated carbocycles. The van der Waals surface area contributed by atoms with Crippen molar-refractivity contribution < 1.29 is 0 Å². The third-order valence-electron chi connectivity index (χ3n) is 2.81. The van der Waals surface area contributed by atoms with Gasteiger partial charge in [-0.15, -0.1) is 0 Å². The summed E-state index contributed by atoms with van der Waals surface area (Å²) >= 11 is 3.44. The Bertz CT molecular complexity index is 459. The third kappa shape index (κ3) is 4.87. The Morgan fingerprint density at radius 1 is 1.39 bits per heavy atom. The van der Waals surface area contributed by atoms with E-state index in [0.717, 1.165) is 4.47 Å². The molecular weight excluding hydrogens is 290 g/mol. The van der Waals surface area contributed by atoms with Crippen LogP contribution in [0.3, 0.4) is 0 Å². The minimum absolute atomic E-state index is 0.0979. The molecule has 0 aromatic heterocycles. The average molecular weight is 306 g/mol. The van der Waals surface area contributed by atoms with Crippen molar-refractivity contribution >= 4 is 15.9 Å². The fraction of sp³-hybridized carbons (Fsp3) is 0.429. The van der Waals surface area contributed by atoms with E-state index in [1.807, 2.05) is 12.1 Å². The summed E-state index contributed by atoms with van der Waals surface area (Å²) in [5.41, 5.74) is 1.18. The molecule has 18 heavy (non-hydrogen) atoms. The van der Waals surface area contributed by atoms with E-state index in [0.29, 0.717) is 19.4 Å². The lowest BCUT2D eigenvalue weighted by molar-refractivity contribution is 0.490. The second-order valence-corrected chi connectivity index (χ2v) is 5.12. The standard InChI is InChI=1S/C14H16BrN3/c1-11(13-5-2-6-14(15)8-13)18-10-12(9-17)4-3-7-16/h2,5-6,8,11-12,18H,3-4,10H2,1H3. The van der Waals surface area contributed by atoms with Gasteiger partial charge in [0.15, 0.2) is 0 Å². The number of nitrogens with one attached hydrogen (secondary N) is 1. The Morgan fingerprint density at radius 2 is 2.17 bits per heavy atom. The van der Waals surface area contributed by atoms with Gasteiger partial charge in [0, 0.05) is 23.5 Å². The minimum atomic E-state index is -0.0979. The van der Waals surface area contributed by atoms with Gasteiger partial charge in [0.05, 0.1) is 18.1 Å². The Hall–Kier alpha value is -1.36. The van der Waals surface area contributed by atoms with Gasteiger partial charge in [-0.05, 0) is 31.0 Å². The van der Waals surface area contributed by atoms with Gasteiger partial charge in [0.25, 0.3) is 0 Å². The molecule has 2 atom stereocenters. The van der Waals surface area contributed by atoms with Crippen LogP contribution in [0, 0.1) is 28.6 Å². The van der Waals surface area contributed by atoms with E-state index in [1.165, 1.54) is 5.56 Å². The number of benzene rings is 1. The van der Waals surface area contributed by atoms with Crippen LogP contribution in [0.25, 0.3) is 0 Å². The lowest BCUT2D eigenvalue weighted by Gasteiger charge is -2.16. The smallest absolute Gasteiger partial charge is 0.0669 e. The first-order valence-corrected chi connectivity index (χ1v) is 6.72. The van der Waals surface area contributed by atoms with E-state index in [2.05, 4.69) is 52.4 Å². The Morgan fingerprint density at radius 3 is 2.78 bits per heavy atom. The van der Waals surface area contributed by atoms with Crippen molar-refractivity contribution in [1.82, 2.24) is 5.32 Å². The maximum Gasteiger partial charge on any atom is 0.0669 e. The van der Waals surface area contributed by atoms with Gasteiger partial charge < -0.3 is 5.32 Å². The van der Waals surface area contributed by atoms with Crippen LogP contribution < -0.4 is 5.32 Å². The van der Waals surface area contributed by atoms with Crippen LogP contribution in [-0.2, 0) is 0 Å². The Balaban J connectivity index is 2.48. The molecular formula is C14H16BrN3. The van der Waals surface area contributed by atoms with Crippen molar-refractivity contribution in [1.29, 1.82) is 10.5 Å². The highest BCUT2D eigenvalue weighted by Gasteiger charge is 2.10. The third-order valence-corrected chi connectivity index (χ3v) is 3.30. The van der Waals surface area contributed by atoms with Crippen molar-refractivity contribution in [2.24, 2.45) is 5.92 Å². The molecule has 0 amide bonds. The van der Waals surface area contributed by atoms with Crippen molar-refractivity contribution in [3.8, 4) is 12.1 Å². The van der Waals surface area contributed by atoms with Crippen molar-refractivity contribution in [3.05, 3.63) is 34.3 Å². The van der Waals surface area contributed by atoms with E-state index in [-0.39, 0.29) is 12.0 Å². The summed E-state index contributed by atoms with van der Waals surface area (Å²) in [5, 5.41) is 20.8. The first-order chi connectivity index (χ1) is 8.67. The van der Waals surface area contributed by atoms with Crippen molar-refractivity contribution in [2.75, 3.05) is 6.54 Å². The molecule has 0 radical (unpaired) electrons. The summed E-state index contributed by atoms with van der Waals surface area (Å²) in [5.74, 6) is -0.0979. The largest absolute Gasteiger partial charge is 0.309 e. The molecule has 0 aliphatic heterocycles. The highest BCUT2D eigenvalue weighted by molar-refractivity contribution is 9.10. The monoisotopic (exact) mass is 305 g/mol. The summed E-state index contributed by atoms with van der Waals surface area (Å²) in [6, 6.07) is 12.6. The predicted octanol–water partition coefficient (Wildman–Crippen LogP) is 3.54. The number of halogens is 1. The van der Waals surface area contributed by atoms with Crippen LogP contribution >= 0.6 is 15.9 Å². The number of hydrogen-bond acceptors (Lipinski definition) is 3. The molecule has 0 aliphatic rings.